The molecule has 1 saturated heterocycles. The average molecular weight is 311 g/mol. The zero-order valence-electron chi connectivity index (χ0n) is 11.7. The Hall–Kier alpha value is -1.39. The molecule has 20 heavy (non-hydrogen) atoms. The summed E-state index contributed by atoms with van der Waals surface area (Å²) < 4.78 is 4.84. The van der Waals surface area contributed by atoms with E-state index in [-0.39, 0.29) is 10.4 Å². The van der Waals surface area contributed by atoms with Gasteiger partial charge in [0, 0.05) is 23.6 Å². The standard InChI is InChI=1S/C13H17N3O2S2/c1-13(2)7-16(4-5-19-13)11-8(6-14)9(15)10(20-11)12(17)18-3/h4-5,7,15H2,1-3H3. The first kappa shape index (κ1) is 15.0. The van der Waals surface area contributed by atoms with Crippen molar-refractivity contribution in [2.24, 2.45) is 0 Å². The van der Waals surface area contributed by atoms with Crippen molar-refractivity contribution in [3.05, 3.63) is 10.4 Å². The number of nitrogen functional groups attached to an aromatic ring is 1. The summed E-state index contributed by atoms with van der Waals surface area (Å²) >= 11 is 3.16. The normalized spacial score (nSPS) is 17.6. The number of rotatable bonds is 2. The third kappa shape index (κ3) is 2.72. The molecule has 0 unspecified atom stereocenters. The van der Waals surface area contributed by atoms with Crippen molar-refractivity contribution in [2.45, 2.75) is 18.6 Å². The van der Waals surface area contributed by atoms with Gasteiger partial charge in [-0.25, -0.2) is 4.79 Å². The van der Waals surface area contributed by atoms with Crippen LogP contribution in [0.2, 0.25) is 0 Å². The van der Waals surface area contributed by atoms with Gasteiger partial charge in [0.15, 0.2) is 0 Å². The molecule has 1 fully saturated rings. The minimum Gasteiger partial charge on any atom is -0.465 e. The Kier molecular flexibility index (Phi) is 4.16. The average Bonchev–Trinajstić information content (AvgIpc) is 2.73. The zero-order chi connectivity index (χ0) is 14.9. The summed E-state index contributed by atoms with van der Waals surface area (Å²) in [6, 6.07) is 2.12. The summed E-state index contributed by atoms with van der Waals surface area (Å²) in [5.74, 6) is 0.504. The molecule has 5 nitrogen and oxygen atoms in total. The molecule has 2 heterocycles. The number of anilines is 2. The number of thiophene rings is 1. The first-order chi connectivity index (χ1) is 9.39. The third-order valence-corrected chi connectivity index (χ3v) is 5.67. The van der Waals surface area contributed by atoms with Gasteiger partial charge in [0.2, 0.25) is 0 Å². The summed E-state index contributed by atoms with van der Waals surface area (Å²) in [4.78, 5) is 14.2. The van der Waals surface area contributed by atoms with Crippen LogP contribution in [-0.4, -0.2) is 36.7 Å². The predicted molar refractivity (Wildman–Crippen MR) is 83.5 cm³/mol. The Morgan fingerprint density at radius 1 is 1.55 bits per heavy atom. The van der Waals surface area contributed by atoms with Crippen LogP contribution in [0.3, 0.4) is 0 Å². The van der Waals surface area contributed by atoms with Crippen molar-refractivity contribution >= 4 is 39.8 Å². The number of nitrogens with two attached hydrogens (primary N) is 1. The van der Waals surface area contributed by atoms with Crippen LogP contribution in [0, 0.1) is 11.3 Å². The number of hydrogen-bond acceptors (Lipinski definition) is 7. The minimum absolute atomic E-state index is 0.120. The van der Waals surface area contributed by atoms with E-state index in [1.165, 1.54) is 18.4 Å². The first-order valence-electron chi connectivity index (χ1n) is 6.19. The molecule has 108 valence electrons. The molecule has 1 aromatic heterocycles. The summed E-state index contributed by atoms with van der Waals surface area (Å²) in [5.41, 5.74) is 6.54. The van der Waals surface area contributed by atoms with Gasteiger partial charge in [-0.2, -0.15) is 17.0 Å². The van der Waals surface area contributed by atoms with E-state index in [0.717, 1.165) is 23.8 Å². The highest BCUT2D eigenvalue weighted by atomic mass is 32.2. The van der Waals surface area contributed by atoms with Crippen molar-refractivity contribution < 1.29 is 9.53 Å². The van der Waals surface area contributed by atoms with Crippen LogP contribution >= 0.6 is 23.1 Å². The lowest BCUT2D eigenvalue weighted by molar-refractivity contribution is 0.0607. The highest BCUT2D eigenvalue weighted by molar-refractivity contribution is 8.00. The Bertz CT molecular complexity index is 575. The molecule has 0 atom stereocenters. The summed E-state index contributed by atoms with van der Waals surface area (Å²) in [7, 11) is 1.31. The number of methoxy groups -OCH3 is 1. The highest BCUT2D eigenvalue weighted by Gasteiger charge is 2.31. The number of nitrogens with zero attached hydrogens (tertiary/aromatic N) is 2. The van der Waals surface area contributed by atoms with E-state index in [0.29, 0.717) is 10.4 Å². The Labute approximate surface area is 126 Å². The van der Waals surface area contributed by atoms with Gasteiger partial charge in [0.05, 0.1) is 12.8 Å². The lowest BCUT2D eigenvalue weighted by Gasteiger charge is -2.38. The van der Waals surface area contributed by atoms with Crippen LogP contribution in [0.4, 0.5) is 10.7 Å². The topological polar surface area (TPSA) is 79.3 Å². The molecule has 0 spiro atoms. The van der Waals surface area contributed by atoms with Crippen LogP contribution < -0.4 is 10.6 Å². The van der Waals surface area contributed by atoms with Crippen molar-refractivity contribution in [1.29, 1.82) is 5.26 Å². The molecule has 0 saturated carbocycles. The number of esters is 1. The number of ether oxygens (including phenoxy) is 1. The van der Waals surface area contributed by atoms with E-state index < -0.39 is 5.97 Å². The number of carbonyl (C=O) groups excluding carboxylic acids is 1. The van der Waals surface area contributed by atoms with Gasteiger partial charge in [-0.15, -0.1) is 11.3 Å². The molecule has 0 aliphatic carbocycles. The molecule has 7 heteroatoms. The maximum Gasteiger partial charge on any atom is 0.350 e. The van der Waals surface area contributed by atoms with E-state index in [1.807, 2.05) is 11.8 Å². The van der Waals surface area contributed by atoms with Crippen LogP contribution in [0.1, 0.15) is 29.1 Å². The molecule has 0 bridgehead atoms. The zero-order valence-corrected chi connectivity index (χ0v) is 13.4. The number of carbonyl (C=O) groups is 1. The van der Waals surface area contributed by atoms with Gasteiger partial charge >= 0.3 is 5.97 Å². The van der Waals surface area contributed by atoms with E-state index in [2.05, 4.69) is 24.8 Å². The van der Waals surface area contributed by atoms with Gasteiger partial charge in [0.25, 0.3) is 0 Å². The number of nitriles is 1. The molecule has 1 aromatic rings. The second-order valence-corrected chi connectivity index (χ2v) is 7.96. The fourth-order valence-corrected chi connectivity index (χ4v) is 4.42. The maximum absolute atomic E-state index is 11.7. The molecule has 0 amide bonds. The monoisotopic (exact) mass is 311 g/mol. The second-order valence-electron chi connectivity index (χ2n) is 5.16. The Balaban J connectivity index is 2.42. The molecular formula is C13H17N3O2S2. The molecule has 1 aliphatic rings. The fraction of sp³-hybridized carbons (Fsp3) is 0.538. The van der Waals surface area contributed by atoms with Crippen LogP contribution in [-0.2, 0) is 4.74 Å². The lowest BCUT2D eigenvalue weighted by Crippen LogP contribution is -2.43. The summed E-state index contributed by atoms with van der Waals surface area (Å²) in [5, 5.41) is 10.1. The second kappa shape index (κ2) is 5.54. The summed E-state index contributed by atoms with van der Waals surface area (Å²) in [6.07, 6.45) is 0. The highest BCUT2D eigenvalue weighted by Crippen LogP contribution is 2.41. The SMILES string of the molecule is COC(=O)c1sc(N2CCSC(C)(C)C2)c(C#N)c1N. The third-order valence-electron chi connectivity index (χ3n) is 3.12. The van der Waals surface area contributed by atoms with Gasteiger partial charge in [-0.05, 0) is 13.8 Å². The first-order valence-corrected chi connectivity index (χ1v) is 7.99. The predicted octanol–water partition coefficient (Wildman–Crippen LogP) is 2.32. The molecule has 0 aromatic carbocycles. The van der Waals surface area contributed by atoms with Crippen molar-refractivity contribution in [3.8, 4) is 6.07 Å². The van der Waals surface area contributed by atoms with Crippen LogP contribution in [0.25, 0.3) is 0 Å². The number of hydrogen-bond donors (Lipinski definition) is 1. The van der Waals surface area contributed by atoms with E-state index in [4.69, 9.17) is 10.5 Å². The van der Waals surface area contributed by atoms with Gasteiger partial charge in [0.1, 0.15) is 21.5 Å². The largest absolute Gasteiger partial charge is 0.465 e. The van der Waals surface area contributed by atoms with Gasteiger partial charge in [-0.3, -0.25) is 0 Å². The molecule has 2 rings (SSSR count). The number of thioether (sulfide) groups is 1. The summed E-state index contributed by atoms with van der Waals surface area (Å²) in [6.45, 7) is 6.03. The Morgan fingerprint density at radius 2 is 2.25 bits per heavy atom. The van der Waals surface area contributed by atoms with Gasteiger partial charge < -0.3 is 15.4 Å². The van der Waals surface area contributed by atoms with Crippen molar-refractivity contribution in [3.63, 3.8) is 0 Å². The lowest BCUT2D eigenvalue weighted by atomic mass is 10.1. The van der Waals surface area contributed by atoms with E-state index >= 15 is 0 Å². The Morgan fingerprint density at radius 3 is 2.80 bits per heavy atom. The van der Waals surface area contributed by atoms with Crippen LogP contribution in [0.15, 0.2) is 0 Å². The quantitative estimate of drug-likeness (QED) is 0.844. The molecule has 1 aliphatic heterocycles. The van der Waals surface area contributed by atoms with Crippen molar-refractivity contribution in [2.75, 3.05) is 36.6 Å². The molecule has 0 radical (unpaired) electrons. The van der Waals surface area contributed by atoms with Crippen LogP contribution in [0.5, 0.6) is 0 Å². The fourth-order valence-electron chi connectivity index (χ4n) is 2.20. The smallest absolute Gasteiger partial charge is 0.350 e. The van der Waals surface area contributed by atoms with E-state index in [9.17, 15) is 10.1 Å². The maximum atomic E-state index is 11.7. The van der Waals surface area contributed by atoms with E-state index in [1.54, 1.807) is 0 Å². The molecule has 2 N–H and O–H groups in total. The molecular weight excluding hydrogens is 294 g/mol. The minimum atomic E-state index is -0.485. The van der Waals surface area contributed by atoms with Crippen molar-refractivity contribution in [1.82, 2.24) is 0 Å². The van der Waals surface area contributed by atoms with Gasteiger partial charge in [-0.1, -0.05) is 0 Å².